The highest BCUT2D eigenvalue weighted by Gasteiger charge is 2.20. The molecule has 276 valence electrons. The lowest BCUT2D eigenvalue weighted by Gasteiger charge is -2.28. The number of hydrogen-bond donors (Lipinski definition) is 0. The van der Waals surface area contributed by atoms with Crippen LogP contribution in [0.4, 0.5) is 0 Å². The van der Waals surface area contributed by atoms with E-state index >= 15 is 0 Å². The van der Waals surface area contributed by atoms with Gasteiger partial charge in [-0.2, -0.15) is 0 Å². The summed E-state index contributed by atoms with van der Waals surface area (Å²) in [5.74, 6) is -0.332. The van der Waals surface area contributed by atoms with Gasteiger partial charge in [0, 0.05) is 13.0 Å². The smallest absolute Gasteiger partial charge is 0.306 e. The summed E-state index contributed by atoms with van der Waals surface area (Å²) >= 11 is 0. The van der Waals surface area contributed by atoms with Crippen LogP contribution in [0.3, 0.4) is 0 Å². The topological polar surface area (TPSA) is 94.1 Å². The summed E-state index contributed by atoms with van der Waals surface area (Å²) in [7, 11) is 1.37. The zero-order valence-corrected chi connectivity index (χ0v) is 31.9. The zero-order valence-electron chi connectivity index (χ0n) is 31.0. The fourth-order valence-corrected chi connectivity index (χ4v) is 6.10. The molecule has 9 heteroatoms. The number of rotatable bonds is 36. The van der Waals surface area contributed by atoms with E-state index in [2.05, 4.69) is 13.8 Å². The van der Waals surface area contributed by atoms with Gasteiger partial charge in [0.05, 0.1) is 34.4 Å². The monoisotopic (exact) mass is 678 g/mol. The Hall–Kier alpha value is -0.500. The van der Waals surface area contributed by atoms with Crippen LogP contribution in [0.1, 0.15) is 174 Å². The van der Waals surface area contributed by atoms with Crippen LogP contribution in [0.15, 0.2) is 0 Å². The van der Waals surface area contributed by atoms with Gasteiger partial charge in [-0.15, -0.1) is 0 Å². The summed E-state index contributed by atoms with van der Waals surface area (Å²) in [6.45, 7) is 5.43. The van der Waals surface area contributed by atoms with Crippen LogP contribution in [-0.2, 0) is 27.9 Å². The highest BCUT2D eigenvalue weighted by Crippen LogP contribution is 2.38. The number of phosphoric ester groups is 1. The minimum absolute atomic E-state index is 0.0309. The molecule has 0 spiro atoms. The number of hydrogen-bond acceptors (Lipinski definition) is 7. The summed E-state index contributed by atoms with van der Waals surface area (Å²) in [5, 5.41) is 0. The van der Waals surface area contributed by atoms with Gasteiger partial charge in [0.1, 0.15) is 19.3 Å². The molecule has 0 saturated heterocycles. The van der Waals surface area contributed by atoms with Crippen molar-refractivity contribution in [2.45, 2.75) is 180 Å². The summed E-state index contributed by atoms with van der Waals surface area (Å²) in [5.41, 5.74) is 0. The van der Waals surface area contributed by atoms with Crippen molar-refractivity contribution in [2.24, 2.45) is 0 Å². The van der Waals surface area contributed by atoms with Crippen LogP contribution >= 0.6 is 7.82 Å². The lowest BCUT2D eigenvalue weighted by molar-refractivity contribution is -0.870. The maximum Gasteiger partial charge on any atom is 0.306 e. The minimum Gasteiger partial charge on any atom is -0.756 e. The van der Waals surface area contributed by atoms with E-state index in [0.29, 0.717) is 24.1 Å². The summed E-state index contributed by atoms with van der Waals surface area (Å²) in [6, 6.07) is 0. The van der Waals surface area contributed by atoms with E-state index in [1.54, 1.807) is 0 Å². The van der Waals surface area contributed by atoms with Gasteiger partial charge in [0.15, 0.2) is 0 Å². The van der Waals surface area contributed by atoms with E-state index in [4.69, 9.17) is 18.5 Å². The number of quaternary nitrogens is 1. The van der Waals surface area contributed by atoms with Crippen LogP contribution in [0, 0.1) is 0 Å². The Balaban J connectivity index is 4.27. The summed E-state index contributed by atoms with van der Waals surface area (Å²) in [4.78, 5) is 24.9. The van der Waals surface area contributed by atoms with Crippen molar-refractivity contribution in [3.8, 4) is 0 Å². The van der Waals surface area contributed by atoms with Gasteiger partial charge in [-0.3, -0.25) is 9.36 Å². The molecule has 0 fully saturated rings. The molecule has 0 aromatic rings. The number of esters is 1. The van der Waals surface area contributed by atoms with Crippen molar-refractivity contribution >= 4 is 13.8 Å². The quantitative estimate of drug-likeness (QED) is 0.0282. The predicted octanol–water partition coefficient (Wildman–Crippen LogP) is 9.91. The number of unbranched alkanes of at least 4 members (excludes halogenated alkanes) is 22. The van der Waals surface area contributed by atoms with E-state index < -0.39 is 13.9 Å². The Kier molecular flexibility index (Phi) is 31.4. The van der Waals surface area contributed by atoms with E-state index in [0.717, 1.165) is 32.1 Å². The first-order valence-corrected chi connectivity index (χ1v) is 20.7. The van der Waals surface area contributed by atoms with Gasteiger partial charge < -0.3 is 27.9 Å². The molecule has 0 radical (unpaired) electrons. The number of carbonyl (C=O) groups is 1. The SMILES string of the molecule is CCCCCCCCCCCCCCOC[C@H](COP(=O)([O-])OCC[N+](C)(C)C)OC(=O)CCCCCCCCCCCCCC. The Morgan fingerprint density at radius 1 is 0.587 bits per heavy atom. The maximum absolute atomic E-state index is 12.6. The number of likely N-dealkylation sites (N-methyl/N-ethyl adjacent to an activating group) is 1. The van der Waals surface area contributed by atoms with Gasteiger partial charge in [-0.1, -0.05) is 155 Å². The maximum atomic E-state index is 12.6. The number of phosphoric acid groups is 1. The molecule has 8 nitrogen and oxygen atoms in total. The standard InChI is InChI=1S/C37H76NO7P/c1-6-8-10-12-14-16-18-20-22-24-26-28-30-37(39)45-36(35-44-46(40,41)43-33-31-38(3,4)5)34-42-32-29-27-25-23-21-19-17-15-13-11-9-7-2/h36H,6-35H2,1-5H3/t36-/m1/s1. The zero-order chi connectivity index (χ0) is 34.2. The fraction of sp³-hybridized carbons (Fsp3) is 0.973. The average molecular weight is 678 g/mol. The molecule has 0 aliphatic rings. The van der Waals surface area contributed by atoms with Crippen molar-refractivity contribution in [2.75, 3.05) is 54.1 Å². The number of ether oxygens (including phenoxy) is 2. The second-order valence-corrected chi connectivity index (χ2v) is 15.7. The first-order chi connectivity index (χ1) is 22.1. The van der Waals surface area contributed by atoms with Gasteiger partial charge in [-0.05, 0) is 12.8 Å². The first-order valence-electron chi connectivity index (χ1n) is 19.3. The molecule has 0 aliphatic carbocycles. The van der Waals surface area contributed by atoms with E-state index in [1.807, 2.05) is 21.1 Å². The first kappa shape index (κ1) is 45.5. The van der Waals surface area contributed by atoms with E-state index in [-0.39, 0.29) is 25.8 Å². The Morgan fingerprint density at radius 3 is 1.43 bits per heavy atom. The molecular formula is C37H76NO7P. The van der Waals surface area contributed by atoms with Gasteiger partial charge >= 0.3 is 5.97 Å². The second kappa shape index (κ2) is 31.7. The third-order valence-corrected chi connectivity index (χ3v) is 9.37. The molecule has 0 aromatic carbocycles. The van der Waals surface area contributed by atoms with E-state index in [1.165, 1.54) is 122 Å². The van der Waals surface area contributed by atoms with E-state index in [9.17, 15) is 14.3 Å². The molecule has 0 aromatic heterocycles. The Morgan fingerprint density at radius 2 is 1.00 bits per heavy atom. The highest BCUT2D eigenvalue weighted by molar-refractivity contribution is 7.45. The Bertz CT molecular complexity index is 716. The van der Waals surface area contributed by atoms with Gasteiger partial charge in [0.25, 0.3) is 7.82 Å². The molecule has 0 rings (SSSR count). The normalized spacial score (nSPS) is 14.0. The van der Waals surface area contributed by atoms with Crippen LogP contribution in [0.25, 0.3) is 0 Å². The minimum atomic E-state index is -4.51. The second-order valence-electron chi connectivity index (χ2n) is 14.3. The van der Waals surface area contributed by atoms with Crippen molar-refractivity contribution < 1.29 is 37.3 Å². The molecule has 0 aliphatic heterocycles. The molecule has 0 heterocycles. The lowest BCUT2D eigenvalue weighted by Crippen LogP contribution is -2.37. The van der Waals surface area contributed by atoms with Crippen LogP contribution in [0.5, 0.6) is 0 Å². The Labute approximate surface area is 285 Å². The van der Waals surface area contributed by atoms with Crippen molar-refractivity contribution in [3.05, 3.63) is 0 Å². The molecule has 2 atom stereocenters. The summed E-state index contributed by atoms with van der Waals surface area (Å²) < 4.78 is 34.4. The van der Waals surface area contributed by atoms with Crippen molar-refractivity contribution in [1.82, 2.24) is 0 Å². The predicted molar refractivity (Wildman–Crippen MR) is 190 cm³/mol. The lowest BCUT2D eigenvalue weighted by atomic mass is 10.0. The third-order valence-electron chi connectivity index (χ3n) is 8.41. The number of carbonyl (C=O) groups excluding carboxylic acids is 1. The average Bonchev–Trinajstić information content (AvgIpc) is 2.99. The van der Waals surface area contributed by atoms with Crippen LogP contribution in [0.2, 0.25) is 0 Å². The number of nitrogens with zero attached hydrogens (tertiary/aromatic N) is 1. The molecule has 1 unspecified atom stereocenters. The third kappa shape index (κ3) is 34.8. The molecule has 0 bridgehead atoms. The molecular weight excluding hydrogens is 601 g/mol. The highest BCUT2D eigenvalue weighted by atomic mass is 31.2. The van der Waals surface area contributed by atoms with Crippen molar-refractivity contribution in [3.63, 3.8) is 0 Å². The largest absolute Gasteiger partial charge is 0.756 e. The molecule has 46 heavy (non-hydrogen) atoms. The molecule has 0 N–H and O–H groups in total. The summed E-state index contributed by atoms with van der Waals surface area (Å²) in [6.07, 6.45) is 29.5. The van der Waals surface area contributed by atoms with Gasteiger partial charge in [-0.25, -0.2) is 0 Å². The molecule has 0 saturated carbocycles. The van der Waals surface area contributed by atoms with Gasteiger partial charge in [0.2, 0.25) is 0 Å². The van der Waals surface area contributed by atoms with Crippen LogP contribution in [-0.4, -0.2) is 70.7 Å². The van der Waals surface area contributed by atoms with Crippen molar-refractivity contribution in [1.29, 1.82) is 0 Å². The van der Waals surface area contributed by atoms with Crippen LogP contribution < -0.4 is 4.89 Å². The fourth-order valence-electron chi connectivity index (χ4n) is 5.37. The molecule has 0 amide bonds.